The molecule has 78 valence electrons. The van der Waals surface area contributed by atoms with Crippen LogP contribution in [0.1, 0.15) is 49.6 Å². The summed E-state index contributed by atoms with van der Waals surface area (Å²) in [4.78, 5) is 10.8. The predicted octanol–water partition coefficient (Wildman–Crippen LogP) is 2.94. The van der Waals surface area contributed by atoms with Crippen LogP contribution in [0.25, 0.3) is 0 Å². The van der Waals surface area contributed by atoms with Crippen molar-refractivity contribution in [2.24, 2.45) is 0 Å². The molecule has 1 N–H and O–H groups in total. The minimum Gasteiger partial charge on any atom is -0.477 e. The molecule has 0 saturated heterocycles. The Balaban J connectivity index is 2.73. The van der Waals surface area contributed by atoms with E-state index in [2.05, 4.69) is 13.8 Å². The van der Waals surface area contributed by atoms with Crippen LogP contribution in [-0.2, 0) is 0 Å². The molecule has 1 aromatic rings. The number of aromatic carboxylic acids is 1. The van der Waals surface area contributed by atoms with Gasteiger partial charge in [-0.15, -0.1) is 0 Å². The van der Waals surface area contributed by atoms with Crippen LogP contribution in [0.3, 0.4) is 0 Å². The number of aromatic nitrogens is 1. The Morgan fingerprint density at radius 1 is 1.64 bits per heavy atom. The number of hydrogen-bond donors (Lipinski definition) is 1. The van der Waals surface area contributed by atoms with Crippen molar-refractivity contribution in [3.63, 3.8) is 0 Å². The van der Waals surface area contributed by atoms with Gasteiger partial charge in [-0.3, -0.25) is 0 Å². The zero-order chi connectivity index (χ0) is 10.6. The van der Waals surface area contributed by atoms with Gasteiger partial charge in [-0.2, -0.15) is 0 Å². The van der Waals surface area contributed by atoms with E-state index in [0.717, 1.165) is 19.3 Å². The van der Waals surface area contributed by atoms with Gasteiger partial charge in [-0.25, -0.2) is 4.79 Å². The van der Waals surface area contributed by atoms with E-state index in [1.54, 1.807) is 12.1 Å². The van der Waals surface area contributed by atoms with Crippen molar-refractivity contribution in [3.05, 3.63) is 24.0 Å². The van der Waals surface area contributed by atoms with Crippen molar-refractivity contribution in [2.45, 2.75) is 39.2 Å². The van der Waals surface area contributed by atoms with Crippen LogP contribution in [-0.4, -0.2) is 15.6 Å². The number of unbranched alkanes of at least 4 members (excludes halogenated alkanes) is 1. The molecule has 1 atom stereocenters. The Hall–Kier alpha value is -1.25. The van der Waals surface area contributed by atoms with Crippen molar-refractivity contribution in [2.75, 3.05) is 0 Å². The highest BCUT2D eigenvalue weighted by Gasteiger charge is 2.12. The zero-order valence-electron chi connectivity index (χ0n) is 8.73. The molecule has 3 heteroatoms. The third-order valence-electron chi connectivity index (χ3n) is 2.45. The van der Waals surface area contributed by atoms with Crippen molar-refractivity contribution >= 4 is 5.97 Å². The van der Waals surface area contributed by atoms with Crippen LogP contribution in [0.5, 0.6) is 0 Å². The Kier molecular flexibility index (Phi) is 3.74. The lowest BCUT2D eigenvalue weighted by molar-refractivity contribution is 0.0682. The Bertz CT molecular complexity index is 304. The Morgan fingerprint density at radius 3 is 2.93 bits per heavy atom. The van der Waals surface area contributed by atoms with E-state index in [-0.39, 0.29) is 6.04 Å². The van der Waals surface area contributed by atoms with Gasteiger partial charge >= 0.3 is 5.97 Å². The first-order valence-electron chi connectivity index (χ1n) is 5.07. The second kappa shape index (κ2) is 4.84. The molecule has 14 heavy (non-hydrogen) atoms. The van der Waals surface area contributed by atoms with Crippen molar-refractivity contribution in [3.8, 4) is 0 Å². The molecule has 0 spiro atoms. The van der Waals surface area contributed by atoms with E-state index >= 15 is 0 Å². The summed E-state index contributed by atoms with van der Waals surface area (Å²) in [7, 11) is 0. The monoisotopic (exact) mass is 195 g/mol. The first-order valence-corrected chi connectivity index (χ1v) is 5.07. The van der Waals surface area contributed by atoms with E-state index in [1.807, 2.05) is 10.8 Å². The molecule has 0 aliphatic carbocycles. The predicted molar refractivity (Wildman–Crippen MR) is 55.6 cm³/mol. The maximum Gasteiger partial charge on any atom is 0.352 e. The molecule has 0 aliphatic rings. The first kappa shape index (κ1) is 10.8. The number of nitrogens with zero attached hydrogens (tertiary/aromatic N) is 1. The van der Waals surface area contributed by atoms with Gasteiger partial charge in [-0.1, -0.05) is 19.8 Å². The van der Waals surface area contributed by atoms with Crippen LogP contribution in [0.15, 0.2) is 18.3 Å². The third-order valence-corrected chi connectivity index (χ3v) is 2.45. The molecule has 3 nitrogen and oxygen atoms in total. The average Bonchev–Trinajstić information content (AvgIpc) is 2.62. The SMILES string of the molecule is CCCCC(C)n1cccc1C(=O)O. The molecular formula is C11H17NO2. The molecule has 0 saturated carbocycles. The van der Waals surface area contributed by atoms with Gasteiger partial charge in [0, 0.05) is 12.2 Å². The summed E-state index contributed by atoms with van der Waals surface area (Å²) in [6.07, 6.45) is 5.15. The lowest BCUT2D eigenvalue weighted by Crippen LogP contribution is -2.11. The number of carboxylic acid groups (broad SMARTS) is 1. The summed E-state index contributed by atoms with van der Waals surface area (Å²) in [6, 6.07) is 3.70. The number of rotatable bonds is 5. The highest BCUT2D eigenvalue weighted by molar-refractivity contribution is 5.85. The second-order valence-corrected chi connectivity index (χ2v) is 3.60. The molecule has 0 fully saturated rings. The summed E-state index contributed by atoms with van der Waals surface area (Å²) >= 11 is 0. The van der Waals surface area contributed by atoms with E-state index < -0.39 is 5.97 Å². The van der Waals surface area contributed by atoms with E-state index in [1.165, 1.54) is 0 Å². The quantitative estimate of drug-likeness (QED) is 0.784. The minimum atomic E-state index is -0.849. The van der Waals surface area contributed by atoms with Gasteiger partial charge in [0.05, 0.1) is 0 Å². The summed E-state index contributed by atoms with van der Waals surface area (Å²) in [5.41, 5.74) is 0.383. The smallest absolute Gasteiger partial charge is 0.352 e. The molecule has 1 unspecified atom stereocenters. The lowest BCUT2D eigenvalue weighted by atomic mass is 10.1. The fourth-order valence-corrected chi connectivity index (χ4v) is 1.60. The summed E-state index contributed by atoms with van der Waals surface area (Å²) in [5.74, 6) is -0.849. The molecular weight excluding hydrogens is 178 g/mol. The lowest BCUT2D eigenvalue weighted by Gasteiger charge is -2.15. The van der Waals surface area contributed by atoms with Crippen molar-refractivity contribution in [1.29, 1.82) is 0 Å². The van der Waals surface area contributed by atoms with Gasteiger partial charge < -0.3 is 9.67 Å². The van der Waals surface area contributed by atoms with Crippen LogP contribution >= 0.6 is 0 Å². The highest BCUT2D eigenvalue weighted by Crippen LogP contribution is 2.17. The molecule has 0 radical (unpaired) electrons. The van der Waals surface area contributed by atoms with E-state index in [0.29, 0.717) is 5.69 Å². The standard InChI is InChI=1S/C11H17NO2/c1-3-4-6-9(2)12-8-5-7-10(12)11(13)14/h5,7-9H,3-4,6H2,1-2H3,(H,13,14). The normalized spacial score (nSPS) is 12.7. The highest BCUT2D eigenvalue weighted by atomic mass is 16.4. The van der Waals surface area contributed by atoms with Crippen LogP contribution in [0, 0.1) is 0 Å². The Labute approximate surface area is 84.4 Å². The first-order chi connectivity index (χ1) is 6.66. The summed E-state index contributed by atoms with van der Waals surface area (Å²) < 4.78 is 1.83. The van der Waals surface area contributed by atoms with Gasteiger partial charge in [0.15, 0.2) is 0 Å². The van der Waals surface area contributed by atoms with Gasteiger partial charge in [0.25, 0.3) is 0 Å². The molecule has 0 aliphatic heterocycles. The molecule has 1 rings (SSSR count). The molecule has 0 aromatic carbocycles. The van der Waals surface area contributed by atoms with E-state index in [9.17, 15) is 4.79 Å². The summed E-state index contributed by atoms with van der Waals surface area (Å²) in [6.45, 7) is 4.20. The number of hydrogen-bond acceptors (Lipinski definition) is 1. The summed E-state index contributed by atoms with van der Waals surface area (Å²) in [5, 5.41) is 8.91. The fraction of sp³-hybridized carbons (Fsp3) is 0.545. The van der Waals surface area contributed by atoms with Crippen molar-refractivity contribution in [1.82, 2.24) is 4.57 Å². The minimum absolute atomic E-state index is 0.274. The van der Waals surface area contributed by atoms with Gasteiger partial charge in [0.1, 0.15) is 5.69 Å². The third kappa shape index (κ3) is 2.37. The van der Waals surface area contributed by atoms with Crippen LogP contribution in [0.2, 0.25) is 0 Å². The largest absolute Gasteiger partial charge is 0.477 e. The van der Waals surface area contributed by atoms with Crippen LogP contribution < -0.4 is 0 Å². The molecule has 1 aromatic heterocycles. The van der Waals surface area contributed by atoms with Gasteiger partial charge in [-0.05, 0) is 25.5 Å². The van der Waals surface area contributed by atoms with Crippen LogP contribution in [0.4, 0.5) is 0 Å². The zero-order valence-corrected chi connectivity index (χ0v) is 8.73. The fourth-order valence-electron chi connectivity index (χ4n) is 1.60. The van der Waals surface area contributed by atoms with E-state index in [4.69, 9.17) is 5.11 Å². The topological polar surface area (TPSA) is 42.2 Å². The Morgan fingerprint density at radius 2 is 2.36 bits per heavy atom. The second-order valence-electron chi connectivity index (χ2n) is 3.60. The molecule has 0 bridgehead atoms. The number of carbonyl (C=O) groups is 1. The van der Waals surface area contributed by atoms with Gasteiger partial charge in [0.2, 0.25) is 0 Å². The maximum absolute atomic E-state index is 10.8. The maximum atomic E-state index is 10.8. The molecule has 1 heterocycles. The molecule has 0 amide bonds. The average molecular weight is 195 g/mol. The number of carboxylic acids is 1. The van der Waals surface area contributed by atoms with Crippen molar-refractivity contribution < 1.29 is 9.90 Å².